The second-order valence-corrected chi connectivity index (χ2v) is 10.4. The zero-order valence-electron chi connectivity index (χ0n) is 22.5. The fraction of sp³-hybridized carbons (Fsp3) is 0.607. The van der Waals surface area contributed by atoms with Crippen LogP contribution in [0.4, 0.5) is 0 Å². The smallest absolute Gasteiger partial charge is 0.306 e. The molecule has 0 bridgehead atoms. The zero-order chi connectivity index (χ0) is 27.5. The first kappa shape index (κ1) is 32.7. The molecule has 2 unspecified atom stereocenters. The molecular formula is C28H44N2O6S. The molecule has 0 radical (unpaired) electrons. The van der Waals surface area contributed by atoms with E-state index < -0.39 is 11.9 Å². The number of rotatable bonds is 21. The molecule has 1 aromatic rings. The number of thioether (sulfide) groups is 1. The van der Waals surface area contributed by atoms with E-state index in [2.05, 4.69) is 55.3 Å². The van der Waals surface area contributed by atoms with E-state index in [9.17, 15) is 14.4 Å². The van der Waals surface area contributed by atoms with Gasteiger partial charge in [-0.1, -0.05) is 63.3 Å². The topological polar surface area (TPSA) is 114 Å². The molecule has 0 fully saturated rings. The predicted octanol–water partition coefficient (Wildman–Crippen LogP) is 3.56. The van der Waals surface area contributed by atoms with Gasteiger partial charge in [0.1, 0.15) is 0 Å². The molecule has 0 aliphatic rings. The third-order valence-corrected chi connectivity index (χ3v) is 6.98. The van der Waals surface area contributed by atoms with Crippen LogP contribution in [0.3, 0.4) is 0 Å². The number of allylic oxidation sites excluding steroid dienone is 1. The quantitative estimate of drug-likeness (QED) is 0.163. The molecular weight excluding hydrogens is 492 g/mol. The number of carbonyl (C=O) groups is 3. The molecule has 37 heavy (non-hydrogen) atoms. The molecule has 0 spiro atoms. The Hall–Kier alpha value is -2.36. The Labute approximate surface area is 225 Å². The normalized spacial score (nSPS) is 12.6. The van der Waals surface area contributed by atoms with Gasteiger partial charge in [-0.05, 0) is 30.2 Å². The standard InChI is InChI=1S/C28H44N2O6S/c1-21(2)23(4)25(18-24-8-6-5-7-9-24)19-37-20-27(32)30-13-15-36-17-16-35-14-12-29-26(31)11-10-22(3)28(33)34/h5-9,21-22,25H,4,10-20H2,1-3H3,(H,29,31)(H,30,32)(H,33,34). The Morgan fingerprint density at radius 1 is 0.946 bits per heavy atom. The van der Waals surface area contributed by atoms with Crippen molar-refractivity contribution in [3.8, 4) is 0 Å². The Kier molecular flexibility index (Phi) is 17.4. The van der Waals surface area contributed by atoms with Crippen molar-refractivity contribution in [2.45, 2.75) is 40.0 Å². The number of hydrogen-bond acceptors (Lipinski definition) is 6. The highest BCUT2D eigenvalue weighted by molar-refractivity contribution is 7.99. The van der Waals surface area contributed by atoms with Gasteiger partial charge in [0.2, 0.25) is 11.8 Å². The van der Waals surface area contributed by atoms with E-state index in [1.165, 1.54) is 11.1 Å². The van der Waals surface area contributed by atoms with E-state index in [0.29, 0.717) is 63.5 Å². The van der Waals surface area contributed by atoms with Gasteiger partial charge in [0.05, 0.1) is 38.1 Å². The van der Waals surface area contributed by atoms with Crippen molar-refractivity contribution in [3.63, 3.8) is 0 Å². The summed E-state index contributed by atoms with van der Waals surface area (Å²) in [4.78, 5) is 34.5. The van der Waals surface area contributed by atoms with Crippen LogP contribution >= 0.6 is 11.8 Å². The first-order valence-corrected chi connectivity index (χ1v) is 14.1. The number of aliphatic carboxylic acids is 1. The van der Waals surface area contributed by atoms with Gasteiger partial charge in [0, 0.05) is 25.3 Å². The summed E-state index contributed by atoms with van der Waals surface area (Å²) in [7, 11) is 0. The first-order valence-electron chi connectivity index (χ1n) is 12.9. The summed E-state index contributed by atoms with van der Waals surface area (Å²) < 4.78 is 10.9. The third kappa shape index (κ3) is 16.2. The van der Waals surface area contributed by atoms with Crippen molar-refractivity contribution in [1.29, 1.82) is 0 Å². The van der Waals surface area contributed by atoms with Crippen molar-refractivity contribution < 1.29 is 29.0 Å². The summed E-state index contributed by atoms with van der Waals surface area (Å²) in [5.74, 6) is 0.377. The fourth-order valence-corrected chi connectivity index (χ4v) is 4.44. The minimum absolute atomic E-state index is 0.00744. The summed E-state index contributed by atoms with van der Waals surface area (Å²) >= 11 is 1.63. The Balaban J connectivity index is 2.05. The minimum Gasteiger partial charge on any atom is -0.481 e. The van der Waals surface area contributed by atoms with Crippen molar-refractivity contribution in [2.75, 3.05) is 51.0 Å². The summed E-state index contributed by atoms with van der Waals surface area (Å²) in [6.07, 6.45) is 1.43. The van der Waals surface area contributed by atoms with E-state index in [1.54, 1.807) is 18.7 Å². The van der Waals surface area contributed by atoms with Crippen LogP contribution in [-0.4, -0.2) is 73.9 Å². The van der Waals surface area contributed by atoms with Crippen LogP contribution in [-0.2, 0) is 30.3 Å². The van der Waals surface area contributed by atoms with Crippen LogP contribution in [0.5, 0.6) is 0 Å². The molecule has 0 aliphatic carbocycles. The molecule has 8 nitrogen and oxygen atoms in total. The van der Waals surface area contributed by atoms with Gasteiger partial charge in [-0.3, -0.25) is 14.4 Å². The predicted molar refractivity (Wildman–Crippen MR) is 149 cm³/mol. The monoisotopic (exact) mass is 536 g/mol. The van der Waals surface area contributed by atoms with Crippen LogP contribution < -0.4 is 10.6 Å². The number of nitrogens with one attached hydrogen (secondary N) is 2. The minimum atomic E-state index is -0.897. The molecule has 0 saturated heterocycles. The average Bonchev–Trinajstić information content (AvgIpc) is 2.87. The maximum atomic E-state index is 12.2. The number of ether oxygens (including phenoxy) is 2. The molecule has 9 heteroatoms. The summed E-state index contributed by atoms with van der Waals surface area (Å²) in [5, 5.41) is 14.4. The van der Waals surface area contributed by atoms with Crippen LogP contribution in [0.1, 0.15) is 39.2 Å². The highest BCUT2D eigenvalue weighted by Crippen LogP contribution is 2.26. The molecule has 0 aromatic heterocycles. The van der Waals surface area contributed by atoms with Crippen LogP contribution in [0.15, 0.2) is 42.5 Å². The summed E-state index contributed by atoms with van der Waals surface area (Å²) in [6, 6.07) is 10.4. The van der Waals surface area contributed by atoms with Crippen LogP contribution in [0.25, 0.3) is 0 Å². The van der Waals surface area contributed by atoms with E-state index in [4.69, 9.17) is 14.6 Å². The lowest BCUT2D eigenvalue weighted by atomic mass is 9.88. The number of benzene rings is 1. The molecule has 3 N–H and O–H groups in total. The third-order valence-electron chi connectivity index (χ3n) is 5.88. The lowest BCUT2D eigenvalue weighted by Crippen LogP contribution is -2.30. The molecule has 1 aromatic carbocycles. The number of carbonyl (C=O) groups excluding carboxylic acids is 2. The largest absolute Gasteiger partial charge is 0.481 e. The van der Waals surface area contributed by atoms with Crippen LogP contribution in [0.2, 0.25) is 0 Å². The summed E-state index contributed by atoms with van der Waals surface area (Å²) in [5.41, 5.74) is 2.51. The van der Waals surface area contributed by atoms with Crippen molar-refractivity contribution >= 4 is 29.5 Å². The van der Waals surface area contributed by atoms with Gasteiger partial charge in [-0.2, -0.15) is 11.8 Å². The highest BCUT2D eigenvalue weighted by atomic mass is 32.2. The number of hydrogen-bond donors (Lipinski definition) is 3. The fourth-order valence-electron chi connectivity index (χ4n) is 3.42. The first-order chi connectivity index (χ1) is 17.7. The second-order valence-electron chi connectivity index (χ2n) is 9.33. The Bertz CT molecular complexity index is 818. The van der Waals surface area contributed by atoms with Gasteiger partial charge in [-0.25, -0.2) is 0 Å². The number of amides is 2. The molecule has 1 rings (SSSR count). The molecule has 0 aliphatic heterocycles. The van der Waals surface area contributed by atoms with E-state index in [0.717, 1.165) is 12.2 Å². The highest BCUT2D eigenvalue weighted by Gasteiger charge is 2.17. The molecule has 0 saturated carbocycles. The molecule has 0 heterocycles. The molecule has 2 amide bonds. The number of carboxylic acid groups (broad SMARTS) is 1. The van der Waals surface area contributed by atoms with E-state index >= 15 is 0 Å². The zero-order valence-corrected chi connectivity index (χ0v) is 23.3. The van der Waals surface area contributed by atoms with Gasteiger partial charge in [0.15, 0.2) is 0 Å². The van der Waals surface area contributed by atoms with Gasteiger partial charge in [0.25, 0.3) is 0 Å². The van der Waals surface area contributed by atoms with Gasteiger partial charge >= 0.3 is 5.97 Å². The van der Waals surface area contributed by atoms with Crippen molar-refractivity contribution in [3.05, 3.63) is 48.0 Å². The SMILES string of the molecule is C=C(C(C)C)C(CSCC(=O)NCCOCCOCCNC(=O)CCC(C)C(=O)O)Cc1ccccc1. The van der Waals surface area contributed by atoms with Gasteiger partial charge in [-0.15, -0.1) is 0 Å². The van der Waals surface area contributed by atoms with E-state index in [-0.39, 0.29) is 18.2 Å². The lowest BCUT2D eigenvalue weighted by Gasteiger charge is -2.22. The lowest BCUT2D eigenvalue weighted by molar-refractivity contribution is -0.141. The second kappa shape index (κ2) is 19.7. The Morgan fingerprint density at radius 3 is 2.11 bits per heavy atom. The average molecular weight is 537 g/mol. The van der Waals surface area contributed by atoms with Crippen molar-refractivity contribution in [2.24, 2.45) is 17.8 Å². The number of carboxylic acids is 1. The summed E-state index contributed by atoms with van der Waals surface area (Å²) in [6.45, 7) is 12.5. The maximum absolute atomic E-state index is 12.2. The van der Waals surface area contributed by atoms with E-state index in [1.807, 2.05) is 6.07 Å². The van der Waals surface area contributed by atoms with Crippen LogP contribution in [0, 0.1) is 17.8 Å². The Morgan fingerprint density at radius 2 is 1.54 bits per heavy atom. The maximum Gasteiger partial charge on any atom is 0.306 e. The molecule has 2 atom stereocenters. The van der Waals surface area contributed by atoms with Crippen molar-refractivity contribution in [1.82, 2.24) is 10.6 Å². The molecule has 208 valence electrons. The van der Waals surface area contributed by atoms with Gasteiger partial charge < -0.3 is 25.2 Å².